The third kappa shape index (κ3) is 2.01. The van der Waals surface area contributed by atoms with Crippen LogP contribution in [0.4, 0.5) is 26.3 Å². The fourth-order valence-electron chi connectivity index (χ4n) is 0.653. The number of carbonyl (C=O) groups is 1. The first-order valence-electron chi connectivity index (χ1n) is 3.31. The minimum atomic E-state index is -6.27. The van der Waals surface area contributed by atoms with Crippen molar-refractivity contribution >= 4 is 5.97 Å². The first kappa shape index (κ1) is 14.0. The van der Waals surface area contributed by atoms with Gasteiger partial charge in [0.1, 0.15) is 0 Å². The van der Waals surface area contributed by atoms with Gasteiger partial charge in [-0.1, -0.05) is 0 Å². The maximum atomic E-state index is 13.0. The molecule has 1 atom stereocenters. The normalized spacial score (nSPS) is 17.1. The van der Waals surface area contributed by atoms with Crippen molar-refractivity contribution in [2.45, 2.75) is 18.0 Å². The van der Waals surface area contributed by atoms with Crippen molar-refractivity contribution in [3.63, 3.8) is 0 Å². The highest BCUT2D eigenvalue weighted by Gasteiger charge is 2.76. The molecule has 0 aliphatic rings. The average Bonchev–Trinajstić information content (AvgIpc) is 2.13. The Morgan fingerprint density at radius 2 is 1.40 bits per heavy atom. The van der Waals surface area contributed by atoms with Crippen molar-refractivity contribution in [1.82, 2.24) is 0 Å². The number of hydrogen-bond acceptors (Lipinski definition) is 3. The van der Waals surface area contributed by atoms with E-state index in [9.17, 15) is 31.1 Å². The monoisotopic (exact) mass is 240 g/mol. The zero-order valence-electron chi connectivity index (χ0n) is 7.49. The first-order valence-corrected chi connectivity index (χ1v) is 3.31. The van der Waals surface area contributed by atoms with Crippen LogP contribution in [0, 0.1) is 0 Å². The number of esters is 1. The lowest BCUT2D eigenvalue weighted by atomic mass is 10.1. The first-order chi connectivity index (χ1) is 6.54. The Morgan fingerprint density at radius 1 is 1.00 bits per heavy atom. The van der Waals surface area contributed by atoms with Crippen LogP contribution in [0.5, 0.6) is 0 Å². The Labute approximate surface area is 79.9 Å². The van der Waals surface area contributed by atoms with Crippen LogP contribution < -0.4 is 0 Å². The van der Waals surface area contributed by atoms with Crippen LogP contribution in [0.15, 0.2) is 0 Å². The van der Waals surface area contributed by atoms with Crippen LogP contribution in [0.2, 0.25) is 0 Å². The molecule has 0 aliphatic heterocycles. The maximum Gasteiger partial charge on any atom is 0.460 e. The van der Waals surface area contributed by atoms with Crippen LogP contribution in [0.3, 0.4) is 0 Å². The summed E-state index contributed by atoms with van der Waals surface area (Å²) < 4.78 is 79.9. The molecule has 0 aromatic rings. The Hall–Kier alpha value is -0.990. The lowest BCUT2D eigenvalue weighted by molar-refractivity contribution is -0.369. The third-order valence-electron chi connectivity index (χ3n) is 1.49. The quantitative estimate of drug-likeness (QED) is 0.556. The highest BCUT2D eigenvalue weighted by molar-refractivity contribution is 5.79. The van der Waals surface area contributed by atoms with E-state index in [0.29, 0.717) is 7.11 Å². The number of alkyl halides is 6. The summed E-state index contributed by atoms with van der Waals surface area (Å²) in [5.74, 6) is -13.4. The lowest BCUT2D eigenvalue weighted by Crippen LogP contribution is -2.60. The van der Waals surface area contributed by atoms with Crippen LogP contribution in [0.25, 0.3) is 0 Å². The van der Waals surface area contributed by atoms with Crippen molar-refractivity contribution in [1.29, 1.82) is 0 Å². The van der Waals surface area contributed by atoms with Crippen LogP contribution in [-0.2, 0) is 14.3 Å². The molecule has 0 rings (SSSR count). The second-order valence-electron chi connectivity index (χ2n) is 2.36. The standard InChI is InChI=1S/C6H6F6O3/c1-14-3(13)4(7,15-2)5(8,9)6(10,11)12/h1-2H3. The Bertz CT molecular complexity index is 250. The maximum absolute atomic E-state index is 13.0. The summed E-state index contributed by atoms with van der Waals surface area (Å²) in [6.45, 7) is 0. The number of methoxy groups -OCH3 is 2. The molecule has 1 unspecified atom stereocenters. The lowest BCUT2D eigenvalue weighted by Gasteiger charge is -2.30. The third-order valence-corrected chi connectivity index (χ3v) is 1.49. The van der Waals surface area contributed by atoms with Gasteiger partial charge >= 0.3 is 23.9 Å². The molecule has 9 heteroatoms. The summed E-state index contributed by atoms with van der Waals surface area (Å²) in [6.07, 6.45) is -6.27. The van der Waals surface area contributed by atoms with Gasteiger partial charge in [0, 0.05) is 7.11 Å². The summed E-state index contributed by atoms with van der Waals surface area (Å²) in [5.41, 5.74) is 0. The Kier molecular flexibility index (Phi) is 3.62. The predicted molar refractivity (Wildman–Crippen MR) is 33.9 cm³/mol. The second kappa shape index (κ2) is 3.87. The number of halogens is 6. The number of ether oxygens (including phenoxy) is 2. The van der Waals surface area contributed by atoms with Gasteiger partial charge in [-0.3, -0.25) is 0 Å². The van der Waals surface area contributed by atoms with Crippen molar-refractivity contribution < 1.29 is 40.6 Å². The molecule has 0 bridgehead atoms. The van der Waals surface area contributed by atoms with E-state index in [1.54, 1.807) is 0 Å². The summed E-state index contributed by atoms with van der Waals surface area (Å²) in [7, 11) is 0.638. The fourth-order valence-corrected chi connectivity index (χ4v) is 0.653. The molecule has 3 nitrogen and oxygen atoms in total. The molecular weight excluding hydrogens is 234 g/mol. The van der Waals surface area contributed by atoms with Gasteiger partial charge in [0.2, 0.25) is 0 Å². The van der Waals surface area contributed by atoms with Gasteiger partial charge in [-0.15, -0.1) is 0 Å². The second-order valence-corrected chi connectivity index (χ2v) is 2.36. The van der Waals surface area contributed by atoms with E-state index >= 15 is 0 Å². The highest BCUT2D eigenvalue weighted by Crippen LogP contribution is 2.46. The molecule has 0 saturated heterocycles. The van der Waals surface area contributed by atoms with Gasteiger partial charge in [-0.25, -0.2) is 4.79 Å². The van der Waals surface area contributed by atoms with Gasteiger partial charge in [0.15, 0.2) is 0 Å². The molecule has 0 aromatic carbocycles. The Balaban J connectivity index is 5.38. The summed E-state index contributed by atoms with van der Waals surface area (Å²) >= 11 is 0. The van der Waals surface area contributed by atoms with Crippen molar-refractivity contribution in [2.24, 2.45) is 0 Å². The smallest absolute Gasteiger partial charge is 0.460 e. The van der Waals surface area contributed by atoms with Crippen molar-refractivity contribution in [3.8, 4) is 0 Å². The summed E-state index contributed by atoms with van der Waals surface area (Å²) in [6, 6.07) is 0. The largest absolute Gasteiger partial charge is 0.465 e. The zero-order chi connectivity index (χ0) is 12.5. The SMILES string of the molecule is COC(=O)C(F)(OC)C(F)(F)C(F)(F)F. The van der Waals surface area contributed by atoms with E-state index in [-0.39, 0.29) is 7.11 Å². The highest BCUT2D eigenvalue weighted by atomic mass is 19.4. The van der Waals surface area contributed by atoms with Gasteiger partial charge in [0.05, 0.1) is 7.11 Å². The minimum absolute atomic E-state index is 0.191. The van der Waals surface area contributed by atoms with Crippen LogP contribution in [0.1, 0.15) is 0 Å². The molecular formula is C6H6F6O3. The van der Waals surface area contributed by atoms with E-state index in [2.05, 4.69) is 9.47 Å². The van der Waals surface area contributed by atoms with E-state index in [0.717, 1.165) is 0 Å². The molecule has 0 fully saturated rings. The van der Waals surface area contributed by atoms with E-state index < -0.39 is 23.9 Å². The summed E-state index contributed by atoms with van der Waals surface area (Å²) in [4.78, 5) is 10.5. The van der Waals surface area contributed by atoms with Crippen molar-refractivity contribution in [3.05, 3.63) is 0 Å². The van der Waals surface area contributed by atoms with Gasteiger partial charge < -0.3 is 9.47 Å². The van der Waals surface area contributed by atoms with E-state index in [1.807, 2.05) is 0 Å². The van der Waals surface area contributed by atoms with E-state index in [4.69, 9.17) is 0 Å². The van der Waals surface area contributed by atoms with Crippen LogP contribution in [-0.4, -0.2) is 38.1 Å². The molecule has 90 valence electrons. The van der Waals surface area contributed by atoms with Gasteiger partial charge in [-0.05, 0) is 0 Å². The number of carbonyl (C=O) groups excluding carboxylic acids is 1. The summed E-state index contributed by atoms with van der Waals surface area (Å²) in [5, 5.41) is 0. The zero-order valence-corrected chi connectivity index (χ0v) is 7.49. The average molecular weight is 240 g/mol. The molecule has 0 aliphatic carbocycles. The molecule has 0 radical (unpaired) electrons. The fraction of sp³-hybridized carbons (Fsp3) is 0.833. The number of hydrogen-bond donors (Lipinski definition) is 0. The molecule has 15 heavy (non-hydrogen) atoms. The van der Waals surface area contributed by atoms with E-state index in [1.165, 1.54) is 0 Å². The van der Waals surface area contributed by atoms with Gasteiger partial charge in [-0.2, -0.15) is 26.3 Å². The molecule has 0 N–H and O–H groups in total. The molecule has 0 saturated carbocycles. The molecule has 0 amide bonds. The molecule has 0 heterocycles. The Morgan fingerprint density at radius 3 is 1.60 bits per heavy atom. The predicted octanol–water partition coefficient (Wildman–Crippen LogP) is 1.67. The molecule has 0 aromatic heterocycles. The number of rotatable bonds is 3. The topological polar surface area (TPSA) is 35.5 Å². The van der Waals surface area contributed by atoms with Gasteiger partial charge in [0.25, 0.3) is 0 Å². The van der Waals surface area contributed by atoms with Crippen LogP contribution >= 0.6 is 0 Å². The molecule has 0 spiro atoms. The minimum Gasteiger partial charge on any atom is -0.465 e. The van der Waals surface area contributed by atoms with Crippen molar-refractivity contribution in [2.75, 3.05) is 14.2 Å².